The first-order chi connectivity index (χ1) is 17.6. The summed E-state index contributed by atoms with van der Waals surface area (Å²) in [5, 5.41) is 1.73. The molecule has 1 nitrogen and oxygen atoms in total. The Morgan fingerprint density at radius 3 is 2.31 bits per heavy atom. The third-order valence-corrected chi connectivity index (χ3v) is 14.9. The minimum atomic E-state index is -0.0936. The summed E-state index contributed by atoms with van der Waals surface area (Å²) in [5.74, 6) is 6.27. The number of fused-ring (bicyclic) bond motifs is 1. The first-order valence-corrected chi connectivity index (χ1v) is 17.5. The zero-order valence-electron chi connectivity index (χ0n) is 24.1. The fraction of sp³-hybridized carbons (Fsp3) is 0.824. The lowest BCUT2D eigenvalue weighted by molar-refractivity contribution is 0.229. The summed E-state index contributed by atoms with van der Waals surface area (Å²) in [6.45, 7) is 4.97. The van der Waals surface area contributed by atoms with E-state index in [2.05, 4.69) is 63.2 Å². The summed E-state index contributed by atoms with van der Waals surface area (Å²) >= 11 is 0. The highest BCUT2D eigenvalue weighted by Gasteiger charge is 2.45. The van der Waals surface area contributed by atoms with Gasteiger partial charge in [0.25, 0.3) is 0 Å². The lowest BCUT2D eigenvalue weighted by atomic mass is 9.77. The van der Waals surface area contributed by atoms with Crippen molar-refractivity contribution >= 4 is 13.2 Å². The maximum absolute atomic E-state index is 2.52. The summed E-state index contributed by atoms with van der Waals surface area (Å²) in [5.41, 5.74) is 1.88. The van der Waals surface area contributed by atoms with E-state index in [4.69, 9.17) is 0 Å². The maximum atomic E-state index is 2.52. The van der Waals surface area contributed by atoms with Crippen LogP contribution in [0.15, 0.2) is 30.3 Å². The predicted molar refractivity (Wildman–Crippen MR) is 160 cm³/mol. The van der Waals surface area contributed by atoms with Gasteiger partial charge in [0, 0.05) is 6.04 Å². The van der Waals surface area contributed by atoms with Crippen molar-refractivity contribution in [3.05, 3.63) is 30.3 Å². The molecule has 4 aliphatic rings. The Morgan fingerprint density at radius 2 is 1.53 bits per heavy atom. The molecular weight excluding hydrogens is 453 g/mol. The lowest BCUT2D eigenvalue weighted by Gasteiger charge is -2.40. The van der Waals surface area contributed by atoms with Crippen molar-refractivity contribution in [1.82, 2.24) is 4.90 Å². The second-order valence-corrected chi connectivity index (χ2v) is 16.4. The Balaban J connectivity index is 1.33. The highest BCUT2D eigenvalue weighted by molar-refractivity contribution is 7.67. The van der Waals surface area contributed by atoms with E-state index in [1.807, 2.05) is 0 Å². The molecule has 4 saturated carbocycles. The topological polar surface area (TPSA) is 3.24 Å². The van der Waals surface area contributed by atoms with Gasteiger partial charge in [0.1, 0.15) is 0 Å². The zero-order chi connectivity index (χ0) is 25.1. The van der Waals surface area contributed by atoms with Gasteiger partial charge in [-0.05, 0) is 118 Å². The van der Waals surface area contributed by atoms with Gasteiger partial charge < -0.3 is 4.90 Å². The Morgan fingerprint density at radius 1 is 0.806 bits per heavy atom. The van der Waals surface area contributed by atoms with Crippen molar-refractivity contribution in [3.8, 4) is 0 Å². The first kappa shape index (κ1) is 27.2. The molecule has 0 spiro atoms. The smallest absolute Gasteiger partial charge is 0.00952 e. The molecule has 36 heavy (non-hydrogen) atoms. The number of benzene rings is 1. The molecule has 1 aromatic rings. The molecule has 4 unspecified atom stereocenters. The van der Waals surface area contributed by atoms with Crippen LogP contribution < -0.4 is 5.30 Å². The largest absolute Gasteiger partial charge is 0.306 e. The predicted octanol–water partition coefficient (Wildman–Crippen LogP) is 9.10. The Kier molecular flexibility index (Phi) is 9.55. The highest BCUT2D eigenvalue weighted by Crippen LogP contribution is 2.59. The molecule has 0 radical (unpaired) electrons. The van der Waals surface area contributed by atoms with E-state index in [0.717, 1.165) is 46.8 Å². The molecule has 5 rings (SSSR count). The van der Waals surface area contributed by atoms with Gasteiger partial charge in [0.15, 0.2) is 0 Å². The van der Waals surface area contributed by atoms with Crippen LogP contribution in [0.3, 0.4) is 0 Å². The van der Waals surface area contributed by atoms with Crippen LogP contribution in [0.2, 0.25) is 0 Å². The molecule has 4 aliphatic carbocycles. The maximum Gasteiger partial charge on any atom is 0.00952 e. The molecule has 0 bridgehead atoms. The van der Waals surface area contributed by atoms with E-state index in [1.54, 1.807) is 37.4 Å². The van der Waals surface area contributed by atoms with Gasteiger partial charge >= 0.3 is 0 Å². The third-order valence-electron chi connectivity index (χ3n) is 11.4. The molecule has 4 fully saturated rings. The summed E-state index contributed by atoms with van der Waals surface area (Å²) < 4.78 is 0. The fourth-order valence-electron chi connectivity index (χ4n) is 9.22. The average Bonchev–Trinajstić information content (AvgIpc) is 3.59. The molecule has 0 amide bonds. The quantitative estimate of drug-likeness (QED) is 0.224. The molecule has 0 aliphatic heterocycles. The minimum Gasteiger partial charge on any atom is -0.306 e. The van der Waals surface area contributed by atoms with Crippen LogP contribution >= 0.6 is 7.92 Å². The van der Waals surface area contributed by atoms with E-state index < -0.39 is 0 Å². The lowest BCUT2D eigenvalue weighted by Crippen LogP contribution is -2.38. The molecule has 0 aromatic heterocycles. The van der Waals surface area contributed by atoms with E-state index in [0.29, 0.717) is 6.04 Å². The molecule has 202 valence electrons. The van der Waals surface area contributed by atoms with Gasteiger partial charge in [0.05, 0.1) is 0 Å². The van der Waals surface area contributed by atoms with E-state index >= 15 is 0 Å². The number of nitrogens with zero attached hydrogens (tertiary/aromatic N) is 1. The van der Waals surface area contributed by atoms with E-state index in [1.165, 1.54) is 64.2 Å². The zero-order valence-corrected chi connectivity index (χ0v) is 25.0. The molecule has 0 saturated heterocycles. The van der Waals surface area contributed by atoms with Crippen LogP contribution in [0.5, 0.6) is 0 Å². The molecule has 1 aromatic carbocycles. The van der Waals surface area contributed by atoms with E-state index in [-0.39, 0.29) is 7.92 Å². The van der Waals surface area contributed by atoms with Crippen molar-refractivity contribution in [2.45, 2.75) is 128 Å². The molecule has 10 atom stereocenters. The highest BCUT2D eigenvalue weighted by atomic mass is 31.1. The number of hydrogen-bond donors (Lipinski definition) is 0. The Hall–Kier alpha value is -0.390. The number of hydrogen-bond acceptors (Lipinski definition) is 1. The summed E-state index contributed by atoms with van der Waals surface area (Å²) in [4.78, 5) is 2.51. The van der Waals surface area contributed by atoms with Crippen LogP contribution in [0.25, 0.3) is 0 Å². The first-order valence-electron chi connectivity index (χ1n) is 16.1. The third kappa shape index (κ3) is 6.25. The SMILES string of the molecule is CCCC1C[C@H]([P@](c2ccccc2)C2CCC[C@H]2[C@@H](C)N(C)C)CCCC1CC[C@H]1CCC[C@H]2CC12. The molecular formula is C34H56NP. The van der Waals surface area contributed by atoms with E-state index in [9.17, 15) is 0 Å². The van der Waals surface area contributed by atoms with Crippen molar-refractivity contribution in [1.29, 1.82) is 0 Å². The van der Waals surface area contributed by atoms with Gasteiger partial charge in [-0.25, -0.2) is 0 Å². The van der Waals surface area contributed by atoms with Crippen molar-refractivity contribution in [2.24, 2.45) is 35.5 Å². The number of rotatable bonds is 10. The molecule has 2 heteroatoms. The van der Waals surface area contributed by atoms with Crippen LogP contribution in [-0.4, -0.2) is 36.4 Å². The second-order valence-electron chi connectivity index (χ2n) is 13.7. The van der Waals surface area contributed by atoms with Crippen LogP contribution in [-0.2, 0) is 0 Å². The fourth-order valence-corrected chi connectivity index (χ4v) is 13.3. The van der Waals surface area contributed by atoms with Gasteiger partial charge in [-0.1, -0.05) is 96.5 Å². The van der Waals surface area contributed by atoms with Crippen molar-refractivity contribution in [2.75, 3.05) is 14.1 Å². The normalized spacial score (nSPS) is 38.4. The second kappa shape index (κ2) is 12.6. The van der Waals surface area contributed by atoms with Crippen LogP contribution in [0, 0.1) is 35.5 Å². The Labute approximate surface area is 225 Å². The van der Waals surface area contributed by atoms with Crippen LogP contribution in [0.4, 0.5) is 0 Å². The standard InChI is InChI=1S/C34H56NP/c1-5-12-28-23-31(18-10-13-26(28)21-22-27-14-9-15-29-24-33(27)29)36(30-16-7-6-8-17-30)34-20-11-19-32(34)25(2)35(3)4/h6-8,16-17,25-29,31-34H,5,9-15,18-24H2,1-4H3/t25-,26?,27-,28?,29+,31-,32+,33?,34?,36+/m1/s1. The van der Waals surface area contributed by atoms with Gasteiger partial charge in [-0.15, -0.1) is 0 Å². The van der Waals surface area contributed by atoms with Gasteiger partial charge in [0.2, 0.25) is 0 Å². The Bertz CT molecular complexity index is 792. The monoisotopic (exact) mass is 509 g/mol. The summed E-state index contributed by atoms with van der Waals surface area (Å²) in [6, 6.07) is 12.7. The summed E-state index contributed by atoms with van der Waals surface area (Å²) in [6.07, 6.45) is 22.7. The van der Waals surface area contributed by atoms with Crippen molar-refractivity contribution < 1.29 is 0 Å². The van der Waals surface area contributed by atoms with Gasteiger partial charge in [-0.2, -0.15) is 0 Å². The molecule has 0 N–H and O–H groups in total. The molecule has 0 heterocycles. The van der Waals surface area contributed by atoms with Crippen LogP contribution in [0.1, 0.15) is 110 Å². The average molecular weight is 510 g/mol. The minimum absolute atomic E-state index is 0.0936. The van der Waals surface area contributed by atoms with Gasteiger partial charge in [-0.3, -0.25) is 0 Å². The summed E-state index contributed by atoms with van der Waals surface area (Å²) in [7, 11) is 4.53. The van der Waals surface area contributed by atoms with Crippen molar-refractivity contribution in [3.63, 3.8) is 0 Å².